The topological polar surface area (TPSA) is 148 Å². The summed E-state index contributed by atoms with van der Waals surface area (Å²) in [7, 11) is -3.74. The lowest BCUT2D eigenvalue weighted by Gasteiger charge is -2.58. The monoisotopic (exact) mass is 456 g/mol. The van der Waals surface area contributed by atoms with Gasteiger partial charge in [0.1, 0.15) is 0 Å². The van der Waals surface area contributed by atoms with Crippen molar-refractivity contribution in [3.63, 3.8) is 0 Å². The first-order valence-electron chi connectivity index (χ1n) is 11.0. The highest BCUT2D eigenvalue weighted by atomic mass is 32.2. The van der Waals surface area contributed by atoms with Gasteiger partial charge in [0.15, 0.2) is 0 Å². The Kier molecular flexibility index (Phi) is 5.03. The average Bonchev–Trinajstić information content (AvgIpc) is 2.69. The van der Waals surface area contributed by atoms with Crippen LogP contribution in [0, 0.1) is 17.8 Å². The molecule has 1 aromatic carbocycles. The molecule has 6 N–H and O–H groups in total. The number of aromatic nitrogens is 1. The molecule has 9 heteroatoms. The number of carbonyl (C=O) groups is 1. The summed E-state index contributed by atoms with van der Waals surface area (Å²) < 4.78 is 22.9. The first kappa shape index (κ1) is 21.4. The van der Waals surface area contributed by atoms with E-state index >= 15 is 0 Å². The Bertz CT molecular complexity index is 1150. The number of hydrogen-bond acceptors (Lipinski definition) is 6. The number of benzene rings is 1. The van der Waals surface area contributed by atoms with Crippen LogP contribution in [-0.2, 0) is 16.4 Å². The number of nitrogens with one attached hydrogen (secondary N) is 1. The van der Waals surface area contributed by atoms with Crippen molar-refractivity contribution in [1.29, 1.82) is 0 Å². The lowest BCUT2D eigenvalue weighted by molar-refractivity contribution is -0.129. The number of primary amides is 1. The first-order valence-corrected chi connectivity index (χ1v) is 12.5. The fraction of sp³-hybridized carbons (Fsp3) is 0.478. The van der Waals surface area contributed by atoms with Gasteiger partial charge in [-0.15, -0.1) is 0 Å². The largest absolute Gasteiger partial charge is 0.390 e. The highest BCUT2D eigenvalue weighted by Gasteiger charge is 2.54. The lowest BCUT2D eigenvalue weighted by Crippen LogP contribution is -2.59. The summed E-state index contributed by atoms with van der Waals surface area (Å²) in [6.45, 7) is 0. The van der Waals surface area contributed by atoms with Gasteiger partial charge in [-0.3, -0.25) is 9.78 Å². The number of anilines is 1. The van der Waals surface area contributed by atoms with Crippen molar-refractivity contribution in [3.8, 4) is 0 Å². The Balaban J connectivity index is 1.39. The van der Waals surface area contributed by atoms with Crippen LogP contribution in [0.3, 0.4) is 0 Å². The van der Waals surface area contributed by atoms with Gasteiger partial charge in [0.2, 0.25) is 10.0 Å². The Morgan fingerprint density at radius 2 is 1.81 bits per heavy atom. The van der Waals surface area contributed by atoms with E-state index in [-0.39, 0.29) is 10.9 Å². The fourth-order valence-electron chi connectivity index (χ4n) is 6.31. The Morgan fingerprint density at radius 1 is 1.16 bits per heavy atom. The molecule has 0 aliphatic heterocycles. The molecule has 0 radical (unpaired) electrons. The van der Waals surface area contributed by atoms with Crippen molar-refractivity contribution in [3.05, 3.63) is 53.3 Å². The van der Waals surface area contributed by atoms with Gasteiger partial charge in [-0.1, -0.05) is 12.1 Å². The van der Waals surface area contributed by atoms with Crippen LogP contribution in [0.4, 0.5) is 5.69 Å². The SMILES string of the molecule is NC(=O)c1cnc(Cc2ccc(S(N)(=O)=O)cc2)cc1NC1[C@@H]2CC3C[C@H]1CC(O)(C3)C2. The van der Waals surface area contributed by atoms with Crippen LogP contribution < -0.4 is 16.2 Å². The molecule has 6 rings (SSSR count). The number of amides is 1. The van der Waals surface area contributed by atoms with E-state index in [1.54, 1.807) is 12.1 Å². The number of sulfonamides is 1. The second kappa shape index (κ2) is 7.54. The van der Waals surface area contributed by atoms with Crippen LogP contribution >= 0.6 is 0 Å². The van der Waals surface area contributed by atoms with Crippen LogP contribution in [0.5, 0.6) is 0 Å². The van der Waals surface area contributed by atoms with Gasteiger partial charge in [-0.2, -0.15) is 0 Å². The summed E-state index contributed by atoms with van der Waals surface area (Å²) in [6, 6.07) is 8.41. The molecule has 3 unspecified atom stereocenters. The molecule has 4 aliphatic rings. The van der Waals surface area contributed by atoms with Crippen molar-refractivity contribution in [2.45, 2.75) is 55.1 Å². The molecular formula is C23H28N4O4S. The van der Waals surface area contributed by atoms with E-state index in [0.717, 1.165) is 43.4 Å². The number of nitrogens with two attached hydrogens (primary N) is 2. The Morgan fingerprint density at radius 3 is 2.38 bits per heavy atom. The van der Waals surface area contributed by atoms with Crippen LogP contribution in [0.25, 0.3) is 0 Å². The molecule has 32 heavy (non-hydrogen) atoms. The van der Waals surface area contributed by atoms with Crippen LogP contribution in [-0.4, -0.2) is 36.1 Å². The average molecular weight is 457 g/mol. The minimum Gasteiger partial charge on any atom is -0.390 e. The maximum absolute atomic E-state index is 12.1. The molecule has 0 saturated heterocycles. The van der Waals surface area contributed by atoms with E-state index in [2.05, 4.69) is 10.3 Å². The highest BCUT2D eigenvalue weighted by Crippen LogP contribution is 2.56. The van der Waals surface area contributed by atoms with Crippen molar-refractivity contribution in [1.82, 2.24) is 4.98 Å². The minimum absolute atomic E-state index is 0.0594. The quantitative estimate of drug-likeness (QED) is 0.521. The zero-order valence-electron chi connectivity index (χ0n) is 17.7. The third-order valence-electron chi connectivity index (χ3n) is 7.43. The number of rotatable bonds is 6. The zero-order valence-corrected chi connectivity index (χ0v) is 18.5. The van der Waals surface area contributed by atoms with Gasteiger partial charge in [-0.25, -0.2) is 13.6 Å². The standard InChI is InChI=1S/C23H28N4O4S/c24-22(28)19-12-26-17(7-13-1-3-18(4-2-13)32(25,30)31)8-20(19)27-21-15-5-14-6-16(21)11-23(29,9-14)10-15/h1-4,8,12,14-16,21,29H,5-7,9-11H2,(H2,24,28)(H,26,27)(H2,25,30,31)/t14?,15-,16+,21?,23?. The van der Waals surface area contributed by atoms with Crippen LogP contribution in [0.15, 0.2) is 41.4 Å². The summed E-state index contributed by atoms with van der Waals surface area (Å²) in [5.74, 6) is 0.828. The molecule has 8 nitrogen and oxygen atoms in total. The van der Waals surface area contributed by atoms with E-state index in [1.807, 2.05) is 6.07 Å². The first-order chi connectivity index (χ1) is 15.1. The van der Waals surface area contributed by atoms with E-state index in [4.69, 9.17) is 10.9 Å². The molecule has 1 amide bonds. The number of carbonyl (C=O) groups excluding carboxylic acids is 1. The normalized spacial score (nSPS) is 30.9. The Labute approximate surface area is 187 Å². The fourth-order valence-corrected chi connectivity index (χ4v) is 6.83. The van der Waals surface area contributed by atoms with Crippen molar-refractivity contribution >= 4 is 21.6 Å². The molecule has 170 valence electrons. The number of aliphatic hydroxyl groups is 1. The van der Waals surface area contributed by atoms with Crippen molar-refractivity contribution in [2.75, 3.05) is 5.32 Å². The minimum atomic E-state index is -3.74. The molecule has 1 heterocycles. The van der Waals surface area contributed by atoms with Crippen molar-refractivity contribution < 1.29 is 18.3 Å². The molecule has 0 spiro atoms. The molecule has 4 aliphatic carbocycles. The van der Waals surface area contributed by atoms with Gasteiger partial charge in [0.05, 0.1) is 21.7 Å². The maximum atomic E-state index is 12.1. The molecule has 2 aromatic rings. The number of pyridine rings is 1. The third-order valence-corrected chi connectivity index (χ3v) is 8.36. The second-order valence-electron chi connectivity index (χ2n) is 9.82. The van der Waals surface area contributed by atoms with Gasteiger partial charge >= 0.3 is 0 Å². The Hall–Kier alpha value is -2.49. The molecule has 1 aromatic heterocycles. The number of hydrogen-bond donors (Lipinski definition) is 4. The van der Waals surface area contributed by atoms with Crippen molar-refractivity contribution in [2.24, 2.45) is 28.6 Å². The summed E-state index contributed by atoms with van der Waals surface area (Å²) in [4.78, 5) is 16.5. The molecule has 5 atom stereocenters. The zero-order chi connectivity index (χ0) is 22.7. The summed E-state index contributed by atoms with van der Waals surface area (Å²) in [5.41, 5.74) is 7.74. The van der Waals surface area contributed by atoms with E-state index < -0.39 is 21.5 Å². The molecule has 4 bridgehead atoms. The second-order valence-corrected chi connectivity index (χ2v) is 11.4. The highest BCUT2D eigenvalue weighted by molar-refractivity contribution is 7.89. The smallest absolute Gasteiger partial charge is 0.252 e. The maximum Gasteiger partial charge on any atom is 0.252 e. The number of primary sulfonamides is 1. The van der Waals surface area contributed by atoms with Crippen LogP contribution in [0.2, 0.25) is 0 Å². The molecular weight excluding hydrogens is 428 g/mol. The summed E-state index contributed by atoms with van der Waals surface area (Å²) in [6.07, 6.45) is 6.71. The molecule has 4 saturated carbocycles. The number of nitrogens with zero attached hydrogens (tertiary/aromatic N) is 1. The van der Waals surface area contributed by atoms with Gasteiger partial charge in [0, 0.05) is 24.4 Å². The summed E-state index contributed by atoms with van der Waals surface area (Å²) in [5, 5.41) is 19.6. The third kappa shape index (κ3) is 4.00. The van der Waals surface area contributed by atoms with Gasteiger partial charge in [-0.05, 0) is 73.6 Å². The molecule has 4 fully saturated rings. The predicted octanol–water partition coefficient (Wildman–Crippen LogP) is 1.77. The van der Waals surface area contributed by atoms with Crippen LogP contribution in [0.1, 0.15) is 53.7 Å². The lowest BCUT2D eigenvalue weighted by atomic mass is 9.52. The van der Waals surface area contributed by atoms with E-state index in [9.17, 15) is 18.3 Å². The predicted molar refractivity (Wildman–Crippen MR) is 119 cm³/mol. The van der Waals surface area contributed by atoms with Gasteiger partial charge in [0.25, 0.3) is 5.91 Å². The van der Waals surface area contributed by atoms with Gasteiger partial charge < -0.3 is 16.2 Å². The summed E-state index contributed by atoms with van der Waals surface area (Å²) >= 11 is 0. The van der Waals surface area contributed by atoms with E-state index in [0.29, 0.717) is 35.4 Å². The van der Waals surface area contributed by atoms with E-state index in [1.165, 1.54) is 18.3 Å².